The second-order valence-electron chi connectivity index (χ2n) is 5.53. The molecule has 0 amide bonds. The first kappa shape index (κ1) is 14.0. The van der Waals surface area contributed by atoms with Gasteiger partial charge in [-0.1, -0.05) is 6.07 Å². The van der Waals surface area contributed by atoms with E-state index in [2.05, 4.69) is 47.0 Å². The fourth-order valence-corrected chi connectivity index (χ4v) is 2.36. The van der Waals surface area contributed by atoms with Crippen molar-refractivity contribution in [2.45, 2.75) is 39.3 Å². The van der Waals surface area contributed by atoms with Crippen LogP contribution in [-0.4, -0.2) is 34.5 Å². The normalized spacial score (nSPS) is 13.3. The molecule has 2 rings (SSSR count). The van der Waals surface area contributed by atoms with Gasteiger partial charge >= 0.3 is 0 Å². The fraction of sp³-hybridized carbons (Fsp3) is 0.533. The van der Waals surface area contributed by atoms with Crippen molar-refractivity contribution in [3.05, 3.63) is 29.6 Å². The van der Waals surface area contributed by atoms with Gasteiger partial charge in [-0.25, -0.2) is 4.98 Å². The maximum absolute atomic E-state index is 5.77. The van der Waals surface area contributed by atoms with Crippen molar-refractivity contribution in [1.82, 2.24) is 14.9 Å². The summed E-state index contributed by atoms with van der Waals surface area (Å²) in [5, 5.41) is 0. The zero-order chi connectivity index (χ0) is 13.8. The molecule has 3 N–H and O–H groups in total. The van der Waals surface area contributed by atoms with E-state index in [4.69, 9.17) is 5.73 Å². The molecule has 0 fully saturated rings. The van der Waals surface area contributed by atoms with Crippen LogP contribution in [-0.2, 0) is 6.54 Å². The maximum atomic E-state index is 5.77. The van der Waals surface area contributed by atoms with Crippen LogP contribution >= 0.6 is 0 Å². The van der Waals surface area contributed by atoms with Crippen molar-refractivity contribution >= 4 is 11.0 Å². The molecule has 1 atom stereocenters. The van der Waals surface area contributed by atoms with Crippen LogP contribution in [0.25, 0.3) is 11.0 Å². The van der Waals surface area contributed by atoms with Crippen LogP contribution in [0.3, 0.4) is 0 Å². The standard InChI is InChI=1S/C15H24N4/c1-11(16)5-4-8-19(3)10-13-6-7-14-15(9-13)18-12(2)17-14/h6-7,9,11H,4-5,8,10,16H2,1-3H3,(H,17,18). The Morgan fingerprint density at radius 1 is 1.42 bits per heavy atom. The summed E-state index contributed by atoms with van der Waals surface area (Å²) >= 11 is 0. The molecule has 0 aliphatic heterocycles. The number of rotatable bonds is 6. The molecule has 0 saturated carbocycles. The highest BCUT2D eigenvalue weighted by Gasteiger charge is 2.04. The first-order valence-corrected chi connectivity index (χ1v) is 6.94. The predicted molar refractivity (Wildman–Crippen MR) is 80.0 cm³/mol. The number of aryl methyl sites for hydroxylation is 1. The van der Waals surface area contributed by atoms with Gasteiger partial charge in [-0.05, 0) is 58.0 Å². The second kappa shape index (κ2) is 6.17. The largest absolute Gasteiger partial charge is 0.342 e. The third-order valence-electron chi connectivity index (χ3n) is 3.32. The molecule has 1 aromatic heterocycles. The van der Waals surface area contributed by atoms with Crippen molar-refractivity contribution in [3.8, 4) is 0 Å². The first-order chi connectivity index (χ1) is 9.04. The Bertz CT molecular complexity index is 530. The van der Waals surface area contributed by atoms with Gasteiger partial charge in [0.2, 0.25) is 0 Å². The summed E-state index contributed by atoms with van der Waals surface area (Å²) in [6.45, 7) is 6.10. The summed E-state index contributed by atoms with van der Waals surface area (Å²) in [4.78, 5) is 10.0. The fourth-order valence-electron chi connectivity index (χ4n) is 2.36. The van der Waals surface area contributed by atoms with Crippen molar-refractivity contribution in [3.63, 3.8) is 0 Å². The molecule has 4 nitrogen and oxygen atoms in total. The number of benzene rings is 1. The number of aromatic nitrogens is 2. The highest BCUT2D eigenvalue weighted by atomic mass is 15.1. The van der Waals surface area contributed by atoms with Crippen molar-refractivity contribution in [2.24, 2.45) is 5.73 Å². The van der Waals surface area contributed by atoms with E-state index in [1.54, 1.807) is 0 Å². The predicted octanol–water partition coefficient (Wildman–Crippen LogP) is 2.43. The van der Waals surface area contributed by atoms with Crippen LogP contribution in [0.15, 0.2) is 18.2 Å². The minimum absolute atomic E-state index is 0.303. The lowest BCUT2D eigenvalue weighted by atomic mass is 10.1. The smallest absolute Gasteiger partial charge is 0.104 e. The van der Waals surface area contributed by atoms with E-state index in [1.807, 2.05) is 6.92 Å². The minimum Gasteiger partial charge on any atom is -0.342 e. The van der Waals surface area contributed by atoms with Crippen LogP contribution in [0.2, 0.25) is 0 Å². The molecule has 2 aromatic rings. The third-order valence-corrected chi connectivity index (χ3v) is 3.32. The Morgan fingerprint density at radius 3 is 2.95 bits per heavy atom. The van der Waals surface area contributed by atoms with E-state index < -0.39 is 0 Å². The zero-order valence-electron chi connectivity index (χ0n) is 12.1. The number of hydrogen-bond donors (Lipinski definition) is 2. The number of hydrogen-bond acceptors (Lipinski definition) is 3. The van der Waals surface area contributed by atoms with Crippen LogP contribution < -0.4 is 5.73 Å². The molecular weight excluding hydrogens is 236 g/mol. The average Bonchev–Trinajstić information content (AvgIpc) is 2.67. The lowest BCUT2D eigenvalue weighted by molar-refractivity contribution is 0.315. The van der Waals surface area contributed by atoms with Gasteiger partial charge in [-0.3, -0.25) is 0 Å². The summed E-state index contributed by atoms with van der Waals surface area (Å²) in [7, 11) is 2.16. The van der Waals surface area contributed by atoms with E-state index in [1.165, 1.54) is 5.56 Å². The second-order valence-corrected chi connectivity index (χ2v) is 5.53. The van der Waals surface area contributed by atoms with Gasteiger partial charge < -0.3 is 15.6 Å². The molecule has 0 bridgehead atoms. The quantitative estimate of drug-likeness (QED) is 0.838. The van der Waals surface area contributed by atoms with E-state index in [9.17, 15) is 0 Å². The Balaban J connectivity index is 1.92. The number of nitrogens with two attached hydrogens (primary N) is 1. The third kappa shape index (κ3) is 4.04. The van der Waals surface area contributed by atoms with Crippen molar-refractivity contribution in [1.29, 1.82) is 0 Å². The van der Waals surface area contributed by atoms with Gasteiger partial charge in [0.15, 0.2) is 0 Å². The van der Waals surface area contributed by atoms with Crippen molar-refractivity contribution in [2.75, 3.05) is 13.6 Å². The van der Waals surface area contributed by atoms with Gasteiger partial charge in [0.25, 0.3) is 0 Å². The topological polar surface area (TPSA) is 57.9 Å². The molecule has 0 spiro atoms. The van der Waals surface area contributed by atoms with Gasteiger partial charge in [0, 0.05) is 12.6 Å². The van der Waals surface area contributed by atoms with Crippen LogP contribution in [0, 0.1) is 6.92 Å². The highest BCUT2D eigenvalue weighted by Crippen LogP contribution is 2.14. The van der Waals surface area contributed by atoms with Gasteiger partial charge in [0.05, 0.1) is 11.0 Å². The Morgan fingerprint density at radius 2 is 2.21 bits per heavy atom. The minimum atomic E-state index is 0.303. The van der Waals surface area contributed by atoms with Gasteiger partial charge in [0.1, 0.15) is 5.82 Å². The van der Waals surface area contributed by atoms with E-state index in [-0.39, 0.29) is 0 Å². The van der Waals surface area contributed by atoms with E-state index in [0.717, 1.165) is 42.8 Å². The molecule has 0 saturated heterocycles. The Hall–Kier alpha value is -1.39. The molecule has 1 aromatic carbocycles. The number of nitrogens with zero attached hydrogens (tertiary/aromatic N) is 2. The Labute approximate surface area is 115 Å². The van der Waals surface area contributed by atoms with Crippen molar-refractivity contribution < 1.29 is 0 Å². The summed E-state index contributed by atoms with van der Waals surface area (Å²) in [5.74, 6) is 0.970. The van der Waals surface area contributed by atoms with Gasteiger partial charge in [-0.15, -0.1) is 0 Å². The van der Waals surface area contributed by atoms with E-state index in [0.29, 0.717) is 6.04 Å². The lowest BCUT2D eigenvalue weighted by Crippen LogP contribution is -2.22. The zero-order valence-corrected chi connectivity index (χ0v) is 12.1. The molecule has 1 unspecified atom stereocenters. The number of aromatic amines is 1. The molecule has 4 heteroatoms. The summed E-state index contributed by atoms with van der Waals surface area (Å²) < 4.78 is 0. The van der Waals surface area contributed by atoms with Crippen LogP contribution in [0.5, 0.6) is 0 Å². The maximum Gasteiger partial charge on any atom is 0.104 e. The summed E-state index contributed by atoms with van der Waals surface area (Å²) in [6, 6.07) is 6.74. The van der Waals surface area contributed by atoms with Crippen LogP contribution in [0.1, 0.15) is 31.2 Å². The monoisotopic (exact) mass is 260 g/mol. The number of imidazole rings is 1. The van der Waals surface area contributed by atoms with E-state index >= 15 is 0 Å². The number of H-pyrrole nitrogens is 1. The molecule has 104 valence electrons. The SMILES string of the molecule is Cc1nc2ccc(CN(C)CCCC(C)N)cc2[nH]1. The molecule has 19 heavy (non-hydrogen) atoms. The molecule has 0 aliphatic carbocycles. The molecule has 1 heterocycles. The number of nitrogens with one attached hydrogen (secondary N) is 1. The lowest BCUT2D eigenvalue weighted by Gasteiger charge is -2.17. The molecular formula is C15H24N4. The molecule has 0 radical (unpaired) electrons. The summed E-state index contributed by atoms with van der Waals surface area (Å²) in [6.07, 6.45) is 2.24. The van der Waals surface area contributed by atoms with Crippen LogP contribution in [0.4, 0.5) is 0 Å². The Kier molecular flexibility index (Phi) is 4.56. The average molecular weight is 260 g/mol. The van der Waals surface area contributed by atoms with Gasteiger partial charge in [-0.2, -0.15) is 0 Å². The highest BCUT2D eigenvalue weighted by molar-refractivity contribution is 5.75. The number of fused-ring (bicyclic) bond motifs is 1. The summed E-state index contributed by atoms with van der Waals surface area (Å²) in [5.41, 5.74) is 9.25. The first-order valence-electron chi connectivity index (χ1n) is 6.94. The molecule has 0 aliphatic rings.